The highest BCUT2D eigenvalue weighted by Crippen LogP contribution is 2.32. The van der Waals surface area contributed by atoms with Crippen LogP contribution in [0.25, 0.3) is 0 Å². The lowest BCUT2D eigenvalue weighted by Crippen LogP contribution is -2.54. The van der Waals surface area contributed by atoms with Crippen LogP contribution in [0.15, 0.2) is 18.2 Å². The first-order chi connectivity index (χ1) is 15.0. The fraction of sp³-hybridized carbons (Fsp3) is 0.565. The number of rotatable bonds is 3. The molecule has 4 aliphatic rings. The van der Waals surface area contributed by atoms with Crippen molar-refractivity contribution in [1.82, 2.24) is 20.4 Å². The van der Waals surface area contributed by atoms with E-state index in [-0.39, 0.29) is 18.7 Å². The first kappa shape index (κ1) is 20.3. The van der Waals surface area contributed by atoms with E-state index in [1.54, 1.807) is 6.07 Å². The van der Waals surface area contributed by atoms with Gasteiger partial charge in [-0.15, -0.1) is 0 Å². The predicted octanol–water partition coefficient (Wildman–Crippen LogP) is 1.05. The van der Waals surface area contributed by atoms with E-state index in [0.717, 1.165) is 36.6 Å². The van der Waals surface area contributed by atoms with Crippen LogP contribution in [0.5, 0.6) is 0 Å². The summed E-state index contributed by atoms with van der Waals surface area (Å²) in [6.45, 7) is 3.95. The number of likely N-dealkylation sites (tertiary alicyclic amines) is 1. The average Bonchev–Trinajstić information content (AvgIpc) is 2.91. The first-order valence-electron chi connectivity index (χ1n) is 11.3. The summed E-state index contributed by atoms with van der Waals surface area (Å²) in [6, 6.07) is 5.09. The molecule has 8 heteroatoms. The molecule has 4 amide bonds. The minimum Gasteiger partial charge on any atom is -0.316 e. The number of hydrogen-bond donors (Lipinski definition) is 2. The van der Waals surface area contributed by atoms with E-state index in [0.29, 0.717) is 23.1 Å². The van der Waals surface area contributed by atoms with Crippen LogP contribution in [0.3, 0.4) is 0 Å². The molecule has 0 spiro atoms. The fourth-order valence-corrected chi connectivity index (χ4v) is 5.64. The number of carbonyl (C=O) groups excluding carboxylic acids is 4. The second kappa shape index (κ2) is 8.16. The smallest absolute Gasteiger partial charge is 0.262 e. The lowest BCUT2D eigenvalue weighted by atomic mass is 9.87. The summed E-state index contributed by atoms with van der Waals surface area (Å²) in [5, 5.41) is 5.79. The van der Waals surface area contributed by atoms with Crippen LogP contribution in [-0.4, -0.2) is 65.1 Å². The number of imide groups is 2. The Morgan fingerprint density at radius 2 is 1.81 bits per heavy atom. The maximum atomic E-state index is 13.1. The maximum Gasteiger partial charge on any atom is 0.262 e. The van der Waals surface area contributed by atoms with Crippen molar-refractivity contribution in [1.29, 1.82) is 0 Å². The van der Waals surface area contributed by atoms with Gasteiger partial charge in [0.05, 0.1) is 11.1 Å². The largest absolute Gasteiger partial charge is 0.316 e. The van der Waals surface area contributed by atoms with E-state index < -0.39 is 23.8 Å². The van der Waals surface area contributed by atoms with E-state index in [1.165, 1.54) is 25.7 Å². The Labute approximate surface area is 181 Å². The Morgan fingerprint density at radius 1 is 0.968 bits per heavy atom. The minimum atomic E-state index is -0.921. The zero-order valence-electron chi connectivity index (χ0n) is 17.6. The third kappa shape index (κ3) is 3.68. The van der Waals surface area contributed by atoms with Gasteiger partial charge in [-0.3, -0.25) is 34.3 Å². The topological polar surface area (TPSA) is 98.8 Å². The Balaban J connectivity index is 1.35. The second-order valence-corrected chi connectivity index (χ2v) is 9.11. The van der Waals surface area contributed by atoms with Crippen molar-refractivity contribution in [3.05, 3.63) is 34.9 Å². The van der Waals surface area contributed by atoms with Gasteiger partial charge in [-0.25, -0.2) is 0 Å². The summed E-state index contributed by atoms with van der Waals surface area (Å²) in [5.41, 5.74) is 1.72. The predicted molar refractivity (Wildman–Crippen MR) is 112 cm³/mol. The van der Waals surface area contributed by atoms with Crippen LogP contribution >= 0.6 is 0 Å². The molecule has 0 radical (unpaired) electrons. The molecule has 0 aromatic heterocycles. The van der Waals surface area contributed by atoms with Crippen molar-refractivity contribution in [3.8, 4) is 0 Å². The zero-order chi connectivity index (χ0) is 21.5. The number of carbonyl (C=O) groups is 4. The van der Waals surface area contributed by atoms with E-state index in [2.05, 4.69) is 15.5 Å². The van der Waals surface area contributed by atoms with Gasteiger partial charge < -0.3 is 5.32 Å². The fourth-order valence-electron chi connectivity index (χ4n) is 5.64. The summed E-state index contributed by atoms with van der Waals surface area (Å²) in [4.78, 5) is 53.2. The highest BCUT2D eigenvalue weighted by atomic mass is 16.2. The molecule has 164 valence electrons. The SMILES string of the molecule is O=C1CCC(N2C(=O)c3ccc(CN4CCCC5CNCCCC54)cc3C2=O)C(=O)N1. The molecular formula is C23H28N4O4. The Kier molecular flexibility index (Phi) is 5.35. The minimum absolute atomic E-state index is 0.126. The maximum absolute atomic E-state index is 13.1. The third-order valence-corrected chi connectivity index (χ3v) is 7.18. The summed E-state index contributed by atoms with van der Waals surface area (Å²) >= 11 is 0. The molecule has 3 unspecified atom stereocenters. The van der Waals surface area contributed by atoms with E-state index in [1.807, 2.05) is 12.1 Å². The number of hydrogen-bond acceptors (Lipinski definition) is 6. The molecule has 8 nitrogen and oxygen atoms in total. The number of benzene rings is 1. The summed E-state index contributed by atoms with van der Waals surface area (Å²) in [6.07, 6.45) is 5.09. The van der Waals surface area contributed by atoms with Gasteiger partial charge in [0.2, 0.25) is 11.8 Å². The Morgan fingerprint density at radius 3 is 2.65 bits per heavy atom. The molecule has 0 bridgehead atoms. The Bertz CT molecular complexity index is 946. The van der Waals surface area contributed by atoms with Gasteiger partial charge >= 0.3 is 0 Å². The van der Waals surface area contributed by atoms with Crippen molar-refractivity contribution >= 4 is 23.6 Å². The van der Waals surface area contributed by atoms with Gasteiger partial charge in [0.15, 0.2) is 0 Å². The summed E-state index contributed by atoms with van der Waals surface area (Å²) < 4.78 is 0. The molecule has 1 aromatic rings. The first-order valence-corrected chi connectivity index (χ1v) is 11.3. The van der Waals surface area contributed by atoms with Crippen LogP contribution in [0.4, 0.5) is 0 Å². The zero-order valence-corrected chi connectivity index (χ0v) is 17.6. The van der Waals surface area contributed by atoms with Crippen molar-refractivity contribution in [2.24, 2.45) is 5.92 Å². The number of piperidine rings is 2. The average molecular weight is 425 g/mol. The molecule has 5 rings (SSSR count). The molecule has 4 aliphatic heterocycles. The van der Waals surface area contributed by atoms with E-state index in [9.17, 15) is 19.2 Å². The molecule has 31 heavy (non-hydrogen) atoms. The number of nitrogens with one attached hydrogen (secondary N) is 2. The molecule has 4 heterocycles. The molecule has 3 fully saturated rings. The van der Waals surface area contributed by atoms with Crippen molar-refractivity contribution in [3.63, 3.8) is 0 Å². The molecular weight excluding hydrogens is 396 g/mol. The van der Waals surface area contributed by atoms with Crippen LogP contribution in [-0.2, 0) is 16.1 Å². The normalized spacial score (nSPS) is 29.4. The van der Waals surface area contributed by atoms with Crippen LogP contribution in [0.2, 0.25) is 0 Å². The number of amides is 4. The summed E-state index contributed by atoms with van der Waals surface area (Å²) in [7, 11) is 0. The van der Waals surface area contributed by atoms with E-state index >= 15 is 0 Å². The van der Waals surface area contributed by atoms with Crippen molar-refractivity contribution in [2.75, 3.05) is 19.6 Å². The third-order valence-electron chi connectivity index (χ3n) is 7.18. The molecule has 3 atom stereocenters. The lowest BCUT2D eigenvalue weighted by molar-refractivity contribution is -0.136. The molecule has 2 N–H and O–H groups in total. The molecule has 0 aliphatic carbocycles. The van der Waals surface area contributed by atoms with Gasteiger partial charge in [0.1, 0.15) is 6.04 Å². The van der Waals surface area contributed by atoms with Crippen LogP contribution < -0.4 is 10.6 Å². The Hall–Kier alpha value is -2.58. The van der Waals surface area contributed by atoms with Crippen molar-refractivity contribution < 1.29 is 19.2 Å². The quantitative estimate of drug-likeness (QED) is 0.704. The van der Waals surface area contributed by atoms with Gasteiger partial charge in [-0.05, 0) is 75.4 Å². The van der Waals surface area contributed by atoms with Crippen molar-refractivity contribution in [2.45, 2.75) is 57.2 Å². The standard InChI is InChI=1S/C23H28N4O4/c28-20-8-7-19(21(29)25-20)27-22(30)16-6-5-14(11-17(16)23(27)31)13-26-10-2-3-15-12-24-9-1-4-18(15)26/h5-6,11,15,18-19,24H,1-4,7-10,12-13H2,(H,25,28,29). The second-order valence-electron chi connectivity index (χ2n) is 9.11. The van der Waals surface area contributed by atoms with Gasteiger partial charge in [0, 0.05) is 19.0 Å². The van der Waals surface area contributed by atoms with E-state index in [4.69, 9.17) is 0 Å². The number of nitrogens with zero attached hydrogens (tertiary/aromatic N) is 2. The van der Waals surface area contributed by atoms with Crippen LogP contribution in [0.1, 0.15) is 64.8 Å². The van der Waals surface area contributed by atoms with Gasteiger partial charge in [0.25, 0.3) is 11.8 Å². The molecule has 0 saturated carbocycles. The monoisotopic (exact) mass is 424 g/mol. The lowest BCUT2D eigenvalue weighted by Gasteiger charge is -2.40. The molecule has 1 aromatic carbocycles. The highest BCUT2D eigenvalue weighted by molar-refractivity contribution is 6.23. The van der Waals surface area contributed by atoms with Crippen LogP contribution in [0, 0.1) is 5.92 Å². The summed E-state index contributed by atoms with van der Waals surface area (Å²) in [5.74, 6) is -1.17. The molecule has 3 saturated heterocycles. The van der Waals surface area contributed by atoms with Gasteiger partial charge in [-0.2, -0.15) is 0 Å². The highest BCUT2D eigenvalue weighted by Gasteiger charge is 2.44. The number of fused-ring (bicyclic) bond motifs is 2. The van der Waals surface area contributed by atoms with Gasteiger partial charge in [-0.1, -0.05) is 6.07 Å².